The fourth-order valence-corrected chi connectivity index (χ4v) is 5.56. The van der Waals surface area contributed by atoms with E-state index in [0.717, 1.165) is 6.42 Å². The number of rotatable bonds is 28. The van der Waals surface area contributed by atoms with Gasteiger partial charge in [0, 0.05) is 13.2 Å². The van der Waals surface area contributed by atoms with E-state index in [1.54, 1.807) is 0 Å². The molecule has 1 aromatic heterocycles. The third-order valence-corrected chi connectivity index (χ3v) is 8.03. The van der Waals surface area contributed by atoms with Crippen molar-refractivity contribution in [1.29, 1.82) is 0 Å². The van der Waals surface area contributed by atoms with Crippen LogP contribution in [0.1, 0.15) is 117 Å². The van der Waals surface area contributed by atoms with Crippen molar-refractivity contribution in [3.05, 3.63) is 17.1 Å². The maximum absolute atomic E-state index is 12.0. The summed E-state index contributed by atoms with van der Waals surface area (Å²) in [5.41, 5.74) is 1.89. The van der Waals surface area contributed by atoms with Crippen LogP contribution in [0.3, 0.4) is 0 Å². The lowest BCUT2D eigenvalue weighted by molar-refractivity contribution is -0.693. The Kier molecular flexibility index (Phi) is 23.1. The van der Waals surface area contributed by atoms with Crippen LogP contribution in [0.15, 0.2) is 17.1 Å². The number of unbranched alkanes of at least 4 members (excludes halogenated alkanes) is 15. The Morgan fingerprint density at radius 3 is 1.86 bits per heavy atom. The third-order valence-electron chi connectivity index (χ3n) is 6.39. The fourth-order valence-electron chi connectivity index (χ4n) is 4.21. The first-order valence-corrected chi connectivity index (χ1v) is 17.2. The van der Waals surface area contributed by atoms with E-state index in [1.165, 1.54) is 108 Å². The number of nitrogens with zero attached hydrogens (tertiary/aromatic N) is 1. The SMILES string of the molecule is CCCCCCCCCCCCCCCCCCOC[C@H](COP(=O)([O-])OCC[n+]1ccsc1)OCC. The molecule has 0 amide bonds. The van der Waals surface area contributed by atoms with Gasteiger partial charge >= 0.3 is 0 Å². The lowest BCUT2D eigenvalue weighted by Gasteiger charge is -2.25. The monoisotopic (exact) mass is 563 g/mol. The van der Waals surface area contributed by atoms with Crippen molar-refractivity contribution in [3.63, 3.8) is 0 Å². The largest absolute Gasteiger partial charge is 0.756 e. The molecule has 0 aliphatic heterocycles. The van der Waals surface area contributed by atoms with E-state index in [4.69, 9.17) is 18.5 Å². The van der Waals surface area contributed by atoms with Crippen LogP contribution in [0.25, 0.3) is 0 Å². The smallest absolute Gasteiger partial charge is 0.268 e. The van der Waals surface area contributed by atoms with Gasteiger partial charge in [-0.1, -0.05) is 115 Å². The number of aromatic nitrogens is 1. The van der Waals surface area contributed by atoms with Gasteiger partial charge in [-0.2, -0.15) is 4.57 Å². The highest BCUT2D eigenvalue weighted by atomic mass is 32.1. The van der Waals surface area contributed by atoms with Crippen molar-refractivity contribution < 1.29 is 32.5 Å². The maximum atomic E-state index is 12.0. The molecule has 218 valence electrons. The van der Waals surface area contributed by atoms with E-state index in [9.17, 15) is 9.46 Å². The zero-order valence-electron chi connectivity index (χ0n) is 23.6. The Morgan fingerprint density at radius 2 is 1.35 bits per heavy atom. The molecule has 0 saturated heterocycles. The highest BCUT2D eigenvalue weighted by molar-refractivity contribution is 7.45. The Labute approximate surface area is 230 Å². The summed E-state index contributed by atoms with van der Waals surface area (Å²) in [6, 6.07) is 0. The van der Waals surface area contributed by atoms with E-state index in [1.807, 2.05) is 28.6 Å². The minimum Gasteiger partial charge on any atom is -0.756 e. The third kappa shape index (κ3) is 22.2. The molecule has 1 rings (SSSR count). The second-order valence-corrected chi connectivity index (χ2v) is 12.0. The van der Waals surface area contributed by atoms with Gasteiger partial charge in [0.1, 0.15) is 12.7 Å². The van der Waals surface area contributed by atoms with Gasteiger partial charge in [-0.25, -0.2) is 0 Å². The zero-order chi connectivity index (χ0) is 26.9. The molecule has 9 heteroatoms. The van der Waals surface area contributed by atoms with Crippen molar-refractivity contribution in [2.24, 2.45) is 0 Å². The van der Waals surface area contributed by atoms with Gasteiger partial charge in [0.05, 0.1) is 18.6 Å². The molecule has 0 bridgehead atoms. The van der Waals surface area contributed by atoms with E-state index in [2.05, 4.69) is 6.92 Å². The van der Waals surface area contributed by atoms with E-state index in [-0.39, 0.29) is 13.2 Å². The average Bonchev–Trinajstić information content (AvgIpc) is 3.40. The highest BCUT2D eigenvalue weighted by Gasteiger charge is 2.16. The fraction of sp³-hybridized carbons (Fsp3) is 0.893. The second-order valence-electron chi connectivity index (χ2n) is 9.80. The first kappa shape index (κ1) is 34.7. The van der Waals surface area contributed by atoms with Crippen LogP contribution < -0.4 is 9.46 Å². The molecular weight excluding hydrogens is 509 g/mol. The van der Waals surface area contributed by atoms with Crippen molar-refractivity contribution in [2.45, 2.75) is 129 Å². The van der Waals surface area contributed by atoms with Crippen molar-refractivity contribution in [2.75, 3.05) is 33.0 Å². The van der Waals surface area contributed by atoms with Gasteiger partial charge in [-0.3, -0.25) is 4.57 Å². The van der Waals surface area contributed by atoms with Gasteiger partial charge in [0.15, 0.2) is 12.7 Å². The molecule has 0 aromatic carbocycles. The number of hydrogen-bond donors (Lipinski definition) is 0. The first-order chi connectivity index (χ1) is 18.1. The molecule has 1 aromatic rings. The van der Waals surface area contributed by atoms with Crippen LogP contribution in [0, 0.1) is 0 Å². The molecule has 1 heterocycles. The highest BCUT2D eigenvalue weighted by Crippen LogP contribution is 2.38. The van der Waals surface area contributed by atoms with Crippen LogP contribution in [-0.4, -0.2) is 39.1 Å². The van der Waals surface area contributed by atoms with E-state index >= 15 is 0 Å². The van der Waals surface area contributed by atoms with Crippen molar-refractivity contribution >= 4 is 19.2 Å². The Morgan fingerprint density at radius 1 is 0.784 bits per heavy atom. The van der Waals surface area contributed by atoms with Gasteiger partial charge < -0.3 is 23.4 Å². The maximum Gasteiger partial charge on any atom is 0.268 e. The van der Waals surface area contributed by atoms with Crippen LogP contribution >= 0.6 is 19.2 Å². The molecule has 0 spiro atoms. The molecule has 37 heavy (non-hydrogen) atoms. The van der Waals surface area contributed by atoms with Crippen LogP contribution in [0.4, 0.5) is 0 Å². The van der Waals surface area contributed by atoms with Crippen LogP contribution in [-0.2, 0) is 29.6 Å². The van der Waals surface area contributed by atoms with Gasteiger partial charge in [-0.15, -0.1) is 0 Å². The molecule has 2 atom stereocenters. The van der Waals surface area contributed by atoms with Crippen molar-refractivity contribution in [1.82, 2.24) is 0 Å². The summed E-state index contributed by atoms with van der Waals surface area (Å²) in [6.45, 7) is 5.98. The summed E-state index contributed by atoms with van der Waals surface area (Å²) in [5.74, 6) is 0. The number of thiazole rings is 1. The quantitative estimate of drug-likeness (QED) is 0.0608. The van der Waals surface area contributed by atoms with Crippen LogP contribution in [0.5, 0.6) is 0 Å². The summed E-state index contributed by atoms with van der Waals surface area (Å²) in [6.07, 6.45) is 22.9. The topological polar surface area (TPSA) is 80.9 Å². The summed E-state index contributed by atoms with van der Waals surface area (Å²) < 4.78 is 35.1. The Hall–Kier alpha value is -0.340. The number of ether oxygens (including phenoxy) is 2. The molecule has 1 unspecified atom stereocenters. The van der Waals surface area contributed by atoms with E-state index in [0.29, 0.717) is 26.4 Å². The summed E-state index contributed by atoms with van der Waals surface area (Å²) >= 11 is 1.54. The molecule has 0 aliphatic rings. The van der Waals surface area contributed by atoms with E-state index < -0.39 is 13.9 Å². The standard InChI is InChI=1S/C28H54NO6PS/c1-3-5-6-7-8-9-10-11-12-13-14-15-16-17-18-19-22-32-25-28(33-4-2)26-35-36(30,31)34-23-20-29-21-24-37-27-29/h21,24,27-28H,3-20,22-23,25-26H2,1-2H3/t28-/m1/s1. The molecule has 0 radical (unpaired) electrons. The van der Waals surface area contributed by atoms with Gasteiger partial charge in [0.2, 0.25) is 5.51 Å². The van der Waals surface area contributed by atoms with Gasteiger partial charge in [0.25, 0.3) is 7.82 Å². The predicted molar refractivity (Wildman–Crippen MR) is 150 cm³/mol. The van der Waals surface area contributed by atoms with Crippen molar-refractivity contribution in [3.8, 4) is 0 Å². The molecule has 0 N–H and O–H groups in total. The minimum atomic E-state index is -4.36. The number of phosphoric acid groups is 1. The van der Waals surface area contributed by atoms with Gasteiger partial charge in [-0.05, 0) is 13.3 Å². The normalized spacial score (nSPS) is 14.1. The molecule has 0 saturated carbocycles. The summed E-state index contributed by atoms with van der Waals surface area (Å²) in [7, 11) is -4.36. The zero-order valence-corrected chi connectivity index (χ0v) is 25.3. The average molecular weight is 564 g/mol. The Balaban J connectivity index is 1.92. The second kappa shape index (κ2) is 24.7. The summed E-state index contributed by atoms with van der Waals surface area (Å²) in [4.78, 5) is 12.0. The first-order valence-electron chi connectivity index (χ1n) is 14.8. The summed E-state index contributed by atoms with van der Waals surface area (Å²) in [5, 5.41) is 1.92. The molecule has 7 nitrogen and oxygen atoms in total. The molecule has 0 fully saturated rings. The lowest BCUT2D eigenvalue weighted by Crippen LogP contribution is -2.33. The number of phosphoric ester groups is 1. The predicted octanol–water partition coefficient (Wildman–Crippen LogP) is 7.22. The number of hydrogen-bond acceptors (Lipinski definition) is 7. The Bertz CT molecular complexity index is 649. The minimum absolute atomic E-state index is 0.0389. The van der Waals surface area contributed by atoms with Crippen LogP contribution in [0.2, 0.25) is 0 Å². The molecular formula is C28H54NO6PS. The molecule has 0 aliphatic carbocycles. The lowest BCUT2D eigenvalue weighted by atomic mass is 10.0.